The van der Waals surface area contributed by atoms with E-state index in [1.807, 2.05) is 4.72 Å². The van der Waals surface area contributed by atoms with Crippen LogP contribution in [0.1, 0.15) is 23.2 Å². The standard InChI is InChI=1S/C17H17BrN2O5S2/c18-14-8-6-13(7-9-14)17(21)19-26(22,23)15-4-3-5-16(12-15)27(24,25)20-10-1-2-11-20/h3-9,12H,1-2,10-11H2,(H,19,21). The van der Waals surface area contributed by atoms with Crippen LogP contribution >= 0.6 is 15.9 Å². The number of nitrogens with one attached hydrogen (secondary N) is 1. The first-order valence-electron chi connectivity index (χ1n) is 8.13. The molecule has 0 saturated carbocycles. The molecular formula is C17H17BrN2O5S2. The van der Waals surface area contributed by atoms with Crippen molar-refractivity contribution in [3.63, 3.8) is 0 Å². The molecule has 1 aliphatic heterocycles. The minimum atomic E-state index is -4.22. The summed E-state index contributed by atoms with van der Waals surface area (Å²) >= 11 is 3.24. The highest BCUT2D eigenvalue weighted by atomic mass is 79.9. The van der Waals surface area contributed by atoms with E-state index in [2.05, 4.69) is 15.9 Å². The number of hydrogen-bond donors (Lipinski definition) is 1. The fourth-order valence-electron chi connectivity index (χ4n) is 2.72. The molecule has 144 valence electrons. The van der Waals surface area contributed by atoms with E-state index in [0.717, 1.165) is 23.4 Å². The quantitative estimate of drug-likeness (QED) is 0.719. The Balaban J connectivity index is 1.87. The first-order valence-corrected chi connectivity index (χ1v) is 11.8. The van der Waals surface area contributed by atoms with Crippen molar-refractivity contribution in [2.45, 2.75) is 22.6 Å². The molecular weight excluding hydrogens is 456 g/mol. The Morgan fingerprint density at radius 3 is 2.15 bits per heavy atom. The molecule has 0 aliphatic carbocycles. The molecule has 2 aromatic rings. The number of nitrogens with zero attached hydrogens (tertiary/aromatic N) is 1. The van der Waals surface area contributed by atoms with Gasteiger partial charge in [-0.15, -0.1) is 0 Å². The molecule has 1 amide bonds. The third-order valence-corrected chi connectivity index (χ3v) is 7.90. The fourth-order valence-corrected chi connectivity index (χ4v) is 5.64. The second kappa shape index (κ2) is 7.70. The summed E-state index contributed by atoms with van der Waals surface area (Å²) in [5.74, 6) is -0.796. The van der Waals surface area contributed by atoms with Crippen molar-refractivity contribution in [2.24, 2.45) is 0 Å². The van der Waals surface area contributed by atoms with Gasteiger partial charge in [-0.1, -0.05) is 22.0 Å². The second-order valence-corrected chi connectivity index (χ2v) is 10.6. The van der Waals surface area contributed by atoms with Crippen molar-refractivity contribution < 1.29 is 21.6 Å². The van der Waals surface area contributed by atoms with Crippen LogP contribution in [0, 0.1) is 0 Å². The maximum Gasteiger partial charge on any atom is 0.264 e. The van der Waals surface area contributed by atoms with Gasteiger partial charge in [0, 0.05) is 23.1 Å². The average Bonchev–Trinajstić information content (AvgIpc) is 3.17. The summed E-state index contributed by atoms with van der Waals surface area (Å²) < 4.78 is 54.4. The van der Waals surface area contributed by atoms with Crippen LogP contribution in [0.5, 0.6) is 0 Å². The van der Waals surface area contributed by atoms with Crippen LogP contribution in [0.4, 0.5) is 0 Å². The molecule has 10 heteroatoms. The van der Waals surface area contributed by atoms with Gasteiger partial charge in [0.05, 0.1) is 9.79 Å². The highest BCUT2D eigenvalue weighted by Crippen LogP contribution is 2.23. The molecule has 3 rings (SSSR count). The van der Waals surface area contributed by atoms with Crippen molar-refractivity contribution in [1.29, 1.82) is 0 Å². The molecule has 27 heavy (non-hydrogen) atoms. The molecule has 0 spiro atoms. The van der Waals surface area contributed by atoms with Crippen LogP contribution in [-0.2, 0) is 20.0 Å². The van der Waals surface area contributed by atoms with E-state index in [1.54, 1.807) is 12.1 Å². The van der Waals surface area contributed by atoms with Crippen LogP contribution in [0.15, 0.2) is 62.8 Å². The number of halogens is 1. The van der Waals surface area contributed by atoms with Gasteiger partial charge in [0.15, 0.2) is 0 Å². The molecule has 0 atom stereocenters. The van der Waals surface area contributed by atoms with Crippen molar-refractivity contribution >= 4 is 41.9 Å². The van der Waals surface area contributed by atoms with Crippen LogP contribution < -0.4 is 4.72 Å². The minimum absolute atomic E-state index is 0.108. The summed E-state index contributed by atoms with van der Waals surface area (Å²) in [5.41, 5.74) is 0.169. The Bertz CT molecular complexity index is 1060. The zero-order valence-electron chi connectivity index (χ0n) is 14.1. The number of carbonyl (C=O) groups is 1. The molecule has 1 saturated heterocycles. The molecule has 0 radical (unpaired) electrons. The lowest BCUT2D eigenvalue weighted by molar-refractivity contribution is 0.0981. The largest absolute Gasteiger partial charge is 0.268 e. The van der Waals surface area contributed by atoms with Gasteiger partial charge in [-0.25, -0.2) is 21.6 Å². The van der Waals surface area contributed by atoms with E-state index in [4.69, 9.17) is 0 Å². The minimum Gasteiger partial charge on any atom is -0.268 e. The number of sulfonamides is 2. The Kier molecular flexibility index (Phi) is 5.71. The number of hydrogen-bond acceptors (Lipinski definition) is 5. The van der Waals surface area contributed by atoms with Gasteiger partial charge in [-0.2, -0.15) is 4.31 Å². The van der Waals surface area contributed by atoms with Crippen molar-refractivity contribution in [3.8, 4) is 0 Å². The summed E-state index contributed by atoms with van der Waals surface area (Å²) in [6, 6.07) is 11.2. The molecule has 2 aromatic carbocycles. The normalized spacial score (nSPS) is 15.6. The van der Waals surface area contributed by atoms with Crippen LogP contribution in [0.2, 0.25) is 0 Å². The zero-order chi connectivity index (χ0) is 19.7. The highest BCUT2D eigenvalue weighted by molar-refractivity contribution is 9.10. The smallest absolute Gasteiger partial charge is 0.264 e. The molecule has 7 nitrogen and oxygen atoms in total. The monoisotopic (exact) mass is 472 g/mol. The summed E-state index contributed by atoms with van der Waals surface area (Å²) in [6.07, 6.45) is 1.56. The molecule has 0 unspecified atom stereocenters. The van der Waals surface area contributed by atoms with Gasteiger partial charge in [-0.3, -0.25) is 4.79 Å². The van der Waals surface area contributed by atoms with Gasteiger partial charge >= 0.3 is 0 Å². The lowest BCUT2D eigenvalue weighted by atomic mass is 10.2. The molecule has 1 aliphatic rings. The predicted octanol–water partition coefficient (Wildman–Crippen LogP) is 2.35. The van der Waals surface area contributed by atoms with Crippen LogP contribution in [-0.4, -0.2) is 40.1 Å². The second-order valence-electron chi connectivity index (χ2n) is 6.03. The Morgan fingerprint density at radius 1 is 0.926 bits per heavy atom. The third-order valence-electron chi connectivity index (χ3n) is 4.15. The average molecular weight is 473 g/mol. The SMILES string of the molecule is O=C(NS(=O)(=O)c1cccc(S(=O)(=O)N2CCCC2)c1)c1ccc(Br)cc1. The summed E-state index contributed by atoms with van der Waals surface area (Å²) in [7, 11) is -7.97. The van der Waals surface area contributed by atoms with Crippen molar-refractivity contribution in [1.82, 2.24) is 9.03 Å². The van der Waals surface area contributed by atoms with Crippen LogP contribution in [0.25, 0.3) is 0 Å². The van der Waals surface area contributed by atoms with E-state index in [0.29, 0.717) is 13.1 Å². The van der Waals surface area contributed by atoms with Crippen LogP contribution in [0.3, 0.4) is 0 Å². The number of amides is 1. The summed E-state index contributed by atoms with van der Waals surface area (Å²) in [6.45, 7) is 0.833. The molecule has 1 N–H and O–H groups in total. The van der Waals surface area contributed by atoms with Crippen molar-refractivity contribution in [3.05, 3.63) is 58.6 Å². The van der Waals surface area contributed by atoms with Gasteiger partial charge < -0.3 is 0 Å². The first kappa shape index (κ1) is 20.0. The topological polar surface area (TPSA) is 101 Å². The van der Waals surface area contributed by atoms with E-state index in [9.17, 15) is 21.6 Å². The molecule has 0 bridgehead atoms. The van der Waals surface area contributed by atoms with Crippen molar-refractivity contribution in [2.75, 3.05) is 13.1 Å². The maximum atomic E-state index is 12.6. The summed E-state index contributed by atoms with van der Waals surface area (Å²) in [5, 5.41) is 0. The zero-order valence-corrected chi connectivity index (χ0v) is 17.3. The Hall–Kier alpha value is -1.75. The lowest BCUT2D eigenvalue weighted by Gasteiger charge is -2.16. The van der Waals surface area contributed by atoms with E-state index in [-0.39, 0.29) is 15.4 Å². The summed E-state index contributed by atoms with van der Waals surface area (Å²) in [4.78, 5) is 11.8. The molecule has 1 fully saturated rings. The highest BCUT2D eigenvalue weighted by Gasteiger charge is 2.28. The van der Waals surface area contributed by atoms with Gasteiger partial charge in [0.1, 0.15) is 0 Å². The third kappa shape index (κ3) is 4.40. The van der Waals surface area contributed by atoms with Gasteiger partial charge in [0.2, 0.25) is 10.0 Å². The Labute approximate surface area is 166 Å². The first-order chi connectivity index (χ1) is 12.7. The van der Waals surface area contributed by atoms with Gasteiger partial charge in [-0.05, 0) is 55.3 Å². The molecule has 1 heterocycles. The van der Waals surface area contributed by atoms with Gasteiger partial charge in [0.25, 0.3) is 15.9 Å². The number of carbonyl (C=O) groups excluding carboxylic acids is 1. The van der Waals surface area contributed by atoms with E-state index >= 15 is 0 Å². The fraction of sp³-hybridized carbons (Fsp3) is 0.235. The molecule has 0 aromatic heterocycles. The number of benzene rings is 2. The predicted molar refractivity (Wildman–Crippen MR) is 103 cm³/mol. The number of rotatable bonds is 5. The maximum absolute atomic E-state index is 12.6. The Morgan fingerprint density at radius 2 is 1.52 bits per heavy atom. The lowest BCUT2D eigenvalue weighted by Crippen LogP contribution is -2.31. The van der Waals surface area contributed by atoms with E-state index < -0.39 is 26.0 Å². The van der Waals surface area contributed by atoms with E-state index in [1.165, 1.54) is 34.6 Å².